The summed E-state index contributed by atoms with van der Waals surface area (Å²) in [5.41, 5.74) is 3.53. The van der Waals surface area contributed by atoms with E-state index in [9.17, 15) is 24.6 Å². The normalized spacial score (nSPS) is 18.5. The van der Waals surface area contributed by atoms with Crippen molar-refractivity contribution in [2.24, 2.45) is 5.92 Å². The molecule has 3 aliphatic heterocycles. The number of phenolic OH excluding ortho intramolecular Hbond substituents is 1. The zero-order chi connectivity index (χ0) is 39.7. The first-order valence-electron chi connectivity index (χ1n) is 19.6. The summed E-state index contributed by atoms with van der Waals surface area (Å²) in [4.78, 5) is 43.0. The maximum absolute atomic E-state index is 13.4. The number of carbonyl (C=O) groups excluding carboxylic acids is 2. The number of fused-ring (bicyclic) bond motifs is 4. The molecule has 4 N–H and O–H groups in total. The number of hydrogen-bond donors (Lipinski definition) is 4. The third-order valence-corrected chi connectivity index (χ3v) is 11.1. The molecule has 11 nitrogen and oxygen atoms in total. The van der Waals surface area contributed by atoms with E-state index < -0.39 is 12.1 Å². The first kappa shape index (κ1) is 40.0. The Hall–Kier alpha value is -5.20. The van der Waals surface area contributed by atoms with Gasteiger partial charge in [-0.3, -0.25) is 14.5 Å². The Labute approximate surface area is 336 Å². The number of halogens is 1. The lowest BCUT2D eigenvalue weighted by Gasteiger charge is -2.44. The number of aromatic amines is 1. The van der Waals surface area contributed by atoms with E-state index in [2.05, 4.69) is 15.2 Å². The standard InChI is InChI=1S/C45H48ClN3O8/c46-34-22-29(21-33(23-34)45(54)55-20-5-4-17-47-26-40(51)36-11-13-39(50)44-37(36)12-14-42(52)48-44)28-56-35-10-6-9-32(24-35)38(30-7-2-1-3-8-30)25-43(53)57-41-27-49-18-15-31(41)16-19-49/h1-3,6-14,21-24,31,38,40-41,47,50-51H,4-5,15-20,25-28H2,(H,48,52)/t38-,40-,41-/m0/s1. The highest BCUT2D eigenvalue weighted by molar-refractivity contribution is 6.31. The second-order valence-corrected chi connectivity index (χ2v) is 15.3. The Kier molecular flexibility index (Phi) is 13.2. The number of nitrogens with zero attached hydrogens (tertiary/aromatic N) is 1. The fraction of sp³-hybridized carbons (Fsp3) is 0.356. The molecule has 298 valence electrons. The smallest absolute Gasteiger partial charge is 0.338 e. The number of benzene rings is 4. The quantitative estimate of drug-likeness (QED) is 0.0580. The van der Waals surface area contributed by atoms with E-state index >= 15 is 0 Å². The monoisotopic (exact) mass is 793 g/mol. The van der Waals surface area contributed by atoms with E-state index in [1.54, 1.807) is 30.3 Å². The summed E-state index contributed by atoms with van der Waals surface area (Å²) in [5, 5.41) is 25.0. The highest BCUT2D eigenvalue weighted by atomic mass is 35.5. The van der Waals surface area contributed by atoms with Gasteiger partial charge in [0, 0.05) is 35.5 Å². The van der Waals surface area contributed by atoms with Crippen LogP contribution in [0.1, 0.15) is 76.7 Å². The molecular formula is C45H48ClN3O8. The molecule has 0 unspecified atom stereocenters. The number of H-pyrrole nitrogens is 1. The summed E-state index contributed by atoms with van der Waals surface area (Å²) in [6, 6.07) is 28.8. The largest absolute Gasteiger partial charge is 0.506 e. The molecule has 12 heteroatoms. The molecular weight excluding hydrogens is 746 g/mol. The van der Waals surface area contributed by atoms with Crippen LogP contribution in [0.25, 0.3) is 10.9 Å². The third-order valence-electron chi connectivity index (χ3n) is 10.9. The van der Waals surface area contributed by atoms with Gasteiger partial charge in [0.15, 0.2) is 0 Å². The maximum Gasteiger partial charge on any atom is 0.338 e. The number of nitrogens with one attached hydrogen (secondary N) is 2. The summed E-state index contributed by atoms with van der Waals surface area (Å²) in [5.74, 6) is 0.112. The lowest BCUT2D eigenvalue weighted by molar-refractivity contribution is -0.159. The topological polar surface area (TPSA) is 150 Å². The van der Waals surface area contributed by atoms with Gasteiger partial charge in [0.2, 0.25) is 5.56 Å². The first-order chi connectivity index (χ1) is 27.7. The van der Waals surface area contributed by atoms with Gasteiger partial charge in [-0.25, -0.2) is 4.79 Å². The number of unbranched alkanes of at least 4 members (excludes halogenated alkanes) is 1. The van der Waals surface area contributed by atoms with E-state index in [4.69, 9.17) is 25.8 Å². The second kappa shape index (κ2) is 18.8. The van der Waals surface area contributed by atoms with Gasteiger partial charge in [-0.2, -0.15) is 0 Å². The van der Waals surface area contributed by atoms with Crippen LogP contribution < -0.4 is 15.6 Å². The number of esters is 2. The Bertz CT molecular complexity index is 2220. The molecule has 8 rings (SSSR count). The zero-order valence-electron chi connectivity index (χ0n) is 31.7. The number of phenols is 1. The number of pyridine rings is 1. The van der Waals surface area contributed by atoms with Crippen LogP contribution in [-0.2, 0) is 20.9 Å². The van der Waals surface area contributed by atoms with Crippen molar-refractivity contribution < 1.29 is 34.0 Å². The minimum absolute atomic E-state index is 0.0445. The molecule has 2 bridgehead atoms. The molecule has 5 aromatic rings. The highest BCUT2D eigenvalue weighted by Gasteiger charge is 2.37. The highest BCUT2D eigenvalue weighted by Crippen LogP contribution is 2.34. The van der Waals surface area contributed by atoms with Crippen molar-refractivity contribution in [1.82, 2.24) is 15.2 Å². The number of rotatable bonds is 17. The number of aliphatic hydroxyl groups excluding tert-OH is 1. The summed E-state index contributed by atoms with van der Waals surface area (Å²) in [6.07, 6.45) is 2.78. The Morgan fingerprint density at radius 3 is 2.53 bits per heavy atom. The Morgan fingerprint density at radius 2 is 1.74 bits per heavy atom. The van der Waals surface area contributed by atoms with Crippen LogP contribution in [0.15, 0.2) is 102 Å². The third kappa shape index (κ3) is 10.4. The van der Waals surface area contributed by atoms with Crippen LogP contribution in [0.4, 0.5) is 0 Å². The van der Waals surface area contributed by atoms with Gasteiger partial charge in [0.05, 0.1) is 30.2 Å². The van der Waals surface area contributed by atoms with Gasteiger partial charge in [0.25, 0.3) is 0 Å². The zero-order valence-corrected chi connectivity index (χ0v) is 32.5. The molecule has 0 aliphatic carbocycles. The predicted octanol–water partition coefficient (Wildman–Crippen LogP) is 6.89. The minimum Gasteiger partial charge on any atom is -0.506 e. The lowest BCUT2D eigenvalue weighted by atomic mass is 9.85. The van der Waals surface area contributed by atoms with Crippen molar-refractivity contribution in [3.8, 4) is 11.5 Å². The van der Waals surface area contributed by atoms with Gasteiger partial charge in [-0.15, -0.1) is 0 Å². The molecule has 3 saturated heterocycles. The van der Waals surface area contributed by atoms with E-state index in [1.165, 1.54) is 12.1 Å². The fourth-order valence-electron chi connectivity index (χ4n) is 7.88. The minimum atomic E-state index is -0.858. The van der Waals surface area contributed by atoms with Crippen molar-refractivity contribution >= 4 is 34.4 Å². The average molecular weight is 794 g/mol. The van der Waals surface area contributed by atoms with Gasteiger partial charge in [-0.05, 0) is 116 Å². The van der Waals surface area contributed by atoms with Crippen molar-refractivity contribution in [2.45, 2.75) is 56.8 Å². The molecule has 1 aromatic heterocycles. The summed E-state index contributed by atoms with van der Waals surface area (Å²) in [6.45, 7) is 4.21. The van der Waals surface area contributed by atoms with Crippen molar-refractivity contribution in [3.63, 3.8) is 0 Å². The molecule has 3 fully saturated rings. The molecule has 3 atom stereocenters. The number of aromatic nitrogens is 1. The van der Waals surface area contributed by atoms with Crippen LogP contribution in [0.2, 0.25) is 5.02 Å². The van der Waals surface area contributed by atoms with Crippen LogP contribution >= 0.6 is 11.6 Å². The van der Waals surface area contributed by atoms with Gasteiger partial charge < -0.3 is 34.7 Å². The molecule has 0 amide bonds. The maximum atomic E-state index is 13.4. The Morgan fingerprint density at radius 1 is 0.930 bits per heavy atom. The van der Waals surface area contributed by atoms with Crippen molar-refractivity contribution in [2.75, 3.05) is 39.3 Å². The van der Waals surface area contributed by atoms with Crippen LogP contribution in [0.3, 0.4) is 0 Å². The molecule has 3 aliphatic rings. The number of aliphatic hydroxyl groups is 1. The van der Waals surface area contributed by atoms with E-state index in [0.29, 0.717) is 58.2 Å². The van der Waals surface area contributed by atoms with Crippen molar-refractivity contribution in [1.29, 1.82) is 0 Å². The number of carbonyl (C=O) groups is 2. The average Bonchev–Trinajstić information content (AvgIpc) is 3.22. The molecule has 0 saturated carbocycles. The van der Waals surface area contributed by atoms with Gasteiger partial charge in [0.1, 0.15) is 24.2 Å². The lowest BCUT2D eigenvalue weighted by Crippen LogP contribution is -2.52. The van der Waals surface area contributed by atoms with E-state index in [1.807, 2.05) is 54.6 Å². The van der Waals surface area contributed by atoms with E-state index in [0.717, 1.165) is 43.6 Å². The SMILES string of the molecule is O=C(C[C@@H](c1ccccc1)c1cccc(OCc2cc(Cl)cc(C(=O)OCCCCNC[C@H](O)c3ccc(O)c4[nH]c(=O)ccc34)c2)c1)O[C@H]1CN2CCC1CC2. The molecule has 4 heterocycles. The van der Waals surface area contributed by atoms with Crippen molar-refractivity contribution in [3.05, 3.63) is 140 Å². The summed E-state index contributed by atoms with van der Waals surface area (Å²) < 4.78 is 17.8. The van der Waals surface area contributed by atoms with E-state index in [-0.39, 0.29) is 61.0 Å². The first-order valence-corrected chi connectivity index (χ1v) is 20.0. The molecule has 0 radical (unpaired) electrons. The number of piperidine rings is 3. The fourth-order valence-corrected chi connectivity index (χ4v) is 8.14. The molecule has 57 heavy (non-hydrogen) atoms. The number of aromatic hydroxyl groups is 1. The number of hydrogen-bond acceptors (Lipinski definition) is 10. The van der Waals surface area contributed by atoms with Crippen LogP contribution in [0, 0.1) is 5.92 Å². The summed E-state index contributed by atoms with van der Waals surface area (Å²) in [7, 11) is 0. The summed E-state index contributed by atoms with van der Waals surface area (Å²) >= 11 is 6.42. The molecule has 0 spiro atoms. The Balaban J connectivity index is 0.883. The van der Waals surface area contributed by atoms with Gasteiger partial charge >= 0.3 is 11.9 Å². The predicted molar refractivity (Wildman–Crippen MR) is 218 cm³/mol. The molecule has 4 aromatic carbocycles. The van der Waals surface area contributed by atoms with Gasteiger partial charge in [-0.1, -0.05) is 60.1 Å². The van der Waals surface area contributed by atoms with Crippen LogP contribution in [0.5, 0.6) is 11.5 Å². The van der Waals surface area contributed by atoms with Crippen LogP contribution in [-0.4, -0.2) is 77.5 Å². The number of ether oxygens (including phenoxy) is 3. The second-order valence-electron chi connectivity index (χ2n) is 14.9.